The lowest BCUT2D eigenvalue weighted by Crippen LogP contribution is -1.87. The fourth-order valence-electron chi connectivity index (χ4n) is 2.64. The highest BCUT2D eigenvalue weighted by atomic mass is 14.7. The van der Waals surface area contributed by atoms with Crippen LogP contribution >= 0.6 is 0 Å². The number of rotatable bonds is 0. The van der Waals surface area contributed by atoms with Gasteiger partial charge in [0.15, 0.2) is 0 Å². The van der Waals surface area contributed by atoms with Gasteiger partial charge in [0.2, 0.25) is 0 Å². The van der Waals surface area contributed by atoms with Crippen molar-refractivity contribution < 1.29 is 0 Å². The first kappa shape index (κ1) is 9.46. The van der Waals surface area contributed by atoms with Crippen molar-refractivity contribution in [1.82, 2.24) is 4.98 Å². The van der Waals surface area contributed by atoms with Gasteiger partial charge in [-0.25, -0.2) is 0 Å². The van der Waals surface area contributed by atoms with E-state index in [0.717, 1.165) is 0 Å². The zero-order chi connectivity index (χ0) is 11.3. The molecule has 0 aliphatic rings. The molecule has 0 spiro atoms. The first-order valence-electron chi connectivity index (χ1n) is 5.65. The van der Waals surface area contributed by atoms with Crippen LogP contribution in [0.15, 0.2) is 30.5 Å². The van der Waals surface area contributed by atoms with Crippen molar-refractivity contribution in [3.8, 4) is 0 Å². The SMILES string of the molecule is Cc1c(C)c2c(C)c[nH]c2c2ccccc12. The van der Waals surface area contributed by atoms with Gasteiger partial charge in [-0.1, -0.05) is 24.3 Å². The molecule has 1 heterocycles. The molecule has 0 radical (unpaired) electrons. The first-order chi connectivity index (χ1) is 7.70. The van der Waals surface area contributed by atoms with E-state index in [-0.39, 0.29) is 0 Å². The molecule has 1 heteroatoms. The van der Waals surface area contributed by atoms with Crippen molar-refractivity contribution in [2.75, 3.05) is 0 Å². The molecular weight excluding hydrogens is 194 g/mol. The van der Waals surface area contributed by atoms with Crippen LogP contribution in [0.4, 0.5) is 0 Å². The Labute approximate surface area is 95.1 Å². The maximum Gasteiger partial charge on any atom is 0.0539 e. The van der Waals surface area contributed by atoms with Crippen molar-refractivity contribution in [3.05, 3.63) is 47.2 Å². The minimum absolute atomic E-state index is 1.27. The van der Waals surface area contributed by atoms with Gasteiger partial charge in [0.25, 0.3) is 0 Å². The van der Waals surface area contributed by atoms with Crippen molar-refractivity contribution in [3.63, 3.8) is 0 Å². The molecule has 0 aliphatic heterocycles. The number of fused-ring (bicyclic) bond motifs is 3. The summed E-state index contributed by atoms with van der Waals surface area (Å²) in [6.45, 7) is 6.59. The summed E-state index contributed by atoms with van der Waals surface area (Å²) in [5, 5.41) is 4.07. The van der Waals surface area contributed by atoms with Crippen LogP contribution in [0.5, 0.6) is 0 Å². The molecule has 1 nitrogen and oxygen atoms in total. The van der Waals surface area contributed by atoms with E-state index in [1.165, 1.54) is 38.4 Å². The van der Waals surface area contributed by atoms with Crippen LogP contribution in [0.3, 0.4) is 0 Å². The van der Waals surface area contributed by atoms with E-state index >= 15 is 0 Å². The predicted molar refractivity (Wildman–Crippen MR) is 70.0 cm³/mol. The molecule has 2 aromatic carbocycles. The van der Waals surface area contributed by atoms with E-state index in [1.54, 1.807) is 0 Å². The molecule has 0 atom stereocenters. The van der Waals surface area contributed by atoms with Gasteiger partial charge in [-0.2, -0.15) is 0 Å². The molecule has 0 amide bonds. The average Bonchev–Trinajstić information content (AvgIpc) is 2.69. The standard InChI is InChI=1S/C15H15N/c1-9-8-16-15-13-7-5-4-6-12(13)10(2)11(3)14(9)15/h4-8,16H,1-3H3. The molecule has 0 bridgehead atoms. The second kappa shape index (κ2) is 3.11. The van der Waals surface area contributed by atoms with E-state index in [1.807, 2.05) is 0 Å². The third-order valence-corrected chi connectivity index (χ3v) is 3.62. The van der Waals surface area contributed by atoms with Gasteiger partial charge in [-0.15, -0.1) is 0 Å². The van der Waals surface area contributed by atoms with Crippen LogP contribution in [-0.2, 0) is 0 Å². The fourth-order valence-corrected chi connectivity index (χ4v) is 2.64. The quantitative estimate of drug-likeness (QED) is 0.569. The largest absolute Gasteiger partial charge is 0.360 e. The van der Waals surface area contributed by atoms with Crippen molar-refractivity contribution >= 4 is 21.7 Å². The Kier molecular flexibility index (Phi) is 1.84. The highest BCUT2D eigenvalue weighted by Crippen LogP contribution is 2.32. The number of H-pyrrole nitrogens is 1. The number of nitrogens with one attached hydrogen (secondary N) is 1. The molecule has 1 N–H and O–H groups in total. The topological polar surface area (TPSA) is 15.8 Å². The number of hydrogen-bond donors (Lipinski definition) is 1. The Balaban J connectivity index is 2.70. The third kappa shape index (κ3) is 1.06. The summed E-state index contributed by atoms with van der Waals surface area (Å²) in [7, 11) is 0. The van der Waals surface area contributed by atoms with Gasteiger partial charge < -0.3 is 4.98 Å². The van der Waals surface area contributed by atoms with Crippen molar-refractivity contribution in [2.45, 2.75) is 20.8 Å². The Hall–Kier alpha value is -1.76. The van der Waals surface area contributed by atoms with E-state index in [2.05, 4.69) is 56.2 Å². The molecule has 3 aromatic rings. The number of benzene rings is 2. The molecule has 16 heavy (non-hydrogen) atoms. The normalized spacial score (nSPS) is 11.4. The van der Waals surface area contributed by atoms with E-state index < -0.39 is 0 Å². The molecule has 0 aliphatic carbocycles. The van der Waals surface area contributed by atoms with Gasteiger partial charge >= 0.3 is 0 Å². The van der Waals surface area contributed by atoms with Crippen LogP contribution in [0, 0.1) is 20.8 Å². The Morgan fingerprint density at radius 3 is 2.31 bits per heavy atom. The van der Waals surface area contributed by atoms with Crippen molar-refractivity contribution in [2.24, 2.45) is 0 Å². The summed E-state index contributed by atoms with van der Waals surface area (Å²) in [4.78, 5) is 3.40. The zero-order valence-electron chi connectivity index (χ0n) is 9.89. The average molecular weight is 209 g/mol. The summed E-state index contributed by atoms with van der Waals surface area (Å²) in [6.07, 6.45) is 2.10. The number of aromatic amines is 1. The Bertz CT molecular complexity index is 689. The van der Waals surface area contributed by atoms with Gasteiger partial charge in [0.1, 0.15) is 0 Å². The zero-order valence-corrected chi connectivity index (χ0v) is 9.89. The van der Waals surface area contributed by atoms with Crippen LogP contribution in [0.2, 0.25) is 0 Å². The van der Waals surface area contributed by atoms with Gasteiger partial charge in [-0.05, 0) is 42.8 Å². The highest BCUT2D eigenvalue weighted by Gasteiger charge is 2.10. The maximum absolute atomic E-state index is 3.40. The third-order valence-electron chi connectivity index (χ3n) is 3.62. The maximum atomic E-state index is 3.40. The summed E-state index contributed by atoms with van der Waals surface area (Å²) in [5.74, 6) is 0. The fraction of sp³-hybridized carbons (Fsp3) is 0.200. The summed E-state index contributed by atoms with van der Waals surface area (Å²) >= 11 is 0. The van der Waals surface area contributed by atoms with Crippen LogP contribution in [0.1, 0.15) is 16.7 Å². The van der Waals surface area contributed by atoms with Gasteiger partial charge in [0.05, 0.1) is 5.52 Å². The summed E-state index contributed by atoms with van der Waals surface area (Å²) in [5.41, 5.74) is 5.40. The van der Waals surface area contributed by atoms with E-state index in [9.17, 15) is 0 Å². The lowest BCUT2D eigenvalue weighted by molar-refractivity contribution is 1.40. The number of aryl methyl sites for hydroxylation is 3. The van der Waals surface area contributed by atoms with Gasteiger partial charge in [-0.3, -0.25) is 0 Å². The predicted octanol–water partition coefficient (Wildman–Crippen LogP) is 4.25. The lowest BCUT2D eigenvalue weighted by atomic mass is 9.95. The van der Waals surface area contributed by atoms with Crippen LogP contribution in [-0.4, -0.2) is 4.98 Å². The smallest absolute Gasteiger partial charge is 0.0539 e. The minimum Gasteiger partial charge on any atom is -0.360 e. The molecule has 1 aromatic heterocycles. The van der Waals surface area contributed by atoms with Gasteiger partial charge in [0, 0.05) is 17.0 Å². The number of hydrogen-bond acceptors (Lipinski definition) is 0. The summed E-state index contributed by atoms with van der Waals surface area (Å²) in [6, 6.07) is 8.61. The first-order valence-corrected chi connectivity index (χ1v) is 5.65. The van der Waals surface area contributed by atoms with E-state index in [4.69, 9.17) is 0 Å². The Morgan fingerprint density at radius 1 is 0.875 bits per heavy atom. The van der Waals surface area contributed by atoms with Crippen LogP contribution in [0.25, 0.3) is 21.7 Å². The highest BCUT2D eigenvalue weighted by molar-refractivity contribution is 6.09. The Morgan fingerprint density at radius 2 is 1.56 bits per heavy atom. The second-order valence-corrected chi connectivity index (χ2v) is 4.52. The molecule has 0 saturated heterocycles. The molecule has 0 saturated carbocycles. The lowest BCUT2D eigenvalue weighted by Gasteiger charge is -2.09. The molecule has 0 unspecified atom stereocenters. The van der Waals surface area contributed by atoms with Crippen molar-refractivity contribution in [1.29, 1.82) is 0 Å². The second-order valence-electron chi connectivity index (χ2n) is 4.52. The summed E-state index contributed by atoms with van der Waals surface area (Å²) < 4.78 is 0. The van der Waals surface area contributed by atoms with Crippen LogP contribution < -0.4 is 0 Å². The molecule has 80 valence electrons. The number of aromatic nitrogens is 1. The minimum atomic E-state index is 1.27. The molecule has 0 fully saturated rings. The molecule has 3 rings (SSSR count). The monoisotopic (exact) mass is 209 g/mol. The molecular formula is C15H15N. The van der Waals surface area contributed by atoms with E-state index in [0.29, 0.717) is 0 Å².